The minimum absolute atomic E-state index is 0.261. The van der Waals surface area contributed by atoms with E-state index in [0.29, 0.717) is 19.5 Å². The number of nitrogens with zero attached hydrogens (tertiary/aromatic N) is 2. The molecule has 1 heterocycles. The lowest BCUT2D eigenvalue weighted by molar-refractivity contribution is 0.384. The van der Waals surface area contributed by atoms with Gasteiger partial charge in [-0.25, -0.2) is 8.42 Å². The summed E-state index contributed by atoms with van der Waals surface area (Å²) in [6.45, 7) is 6.71. The molecule has 0 unspecified atom stereocenters. The average molecular weight is 282 g/mol. The van der Waals surface area contributed by atoms with Crippen molar-refractivity contribution >= 4 is 15.7 Å². The van der Waals surface area contributed by atoms with Crippen LogP contribution in [0.2, 0.25) is 0 Å². The summed E-state index contributed by atoms with van der Waals surface area (Å²) in [6, 6.07) is 8.36. The van der Waals surface area contributed by atoms with Crippen LogP contribution in [0.1, 0.15) is 18.9 Å². The van der Waals surface area contributed by atoms with E-state index in [4.69, 9.17) is 0 Å². The first-order chi connectivity index (χ1) is 9.03. The molecule has 0 aliphatic carbocycles. The minimum Gasteiger partial charge on any atom is -0.369 e. The maximum absolute atomic E-state index is 12.0. The Bertz CT molecular complexity index is 520. The second-order valence-corrected chi connectivity index (χ2v) is 7.13. The molecule has 0 atom stereocenters. The number of sulfonamides is 1. The fourth-order valence-electron chi connectivity index (χ4n) is 2.44. The molecule has 5 heteroatoms. The second-order valence-electron chi connectivity index (χ2n) is 5.04. The van der Waals surface area contributed by atoms with Crippen molar-refractivity contribution < 1.29 is 8.42 Å². The van der Waals surface area contributed by atoms with Gasteiger partial charge in [0.25, 0.3) is 0 Å². The number of hydrogen-bond donors (Lipinski definition) is 0. The maximum Gasteiger partial charge on any atom is 0.214 e. The fraction of sp³-hybridized carbons (Fsp3) is 0.571. The van der Waals surface area contributed by atoms with Gasteiger partial charge in [0.15, 0.2) is 0 Å². The van der Waals surface area contributed by atoms with Gasteiger partial charge in [-0.05, 0) is 31.0 Å². The third kappa shape index (κ3) is 3.48. The minimum atomic E-state index is -3.04. The van der Waals surface area contributed by atoms with E-state index in [9.17, 15) is 8.42 Å². The molecule has 1 aromatic carbocycles. The zero-order valence-electron chi connectivity index (χ0n) is 11.7. The van der Waals surface area contributed by atoms with Gasteiger partial charge in [0.1, 0.15) is 0 Å². The van der Waals surface area contributed by atoms with Gasteiger partial charge in [0.05, 0.1) is 5.75 Å². The molecule has 0 amide bonds. The molecule has 106 valence electrons. The van der Waals surface area contributed by atoms with Crippen LogP contribution in [0.25, 0.3) is 0 Å². The molecular weight excluding hydrogens is 260 g/mol. The van der Waals surface area contributed by atoms with Crippen LogP contribution < -0.4 is 4.90 Å². The summed E-state index contributed by atoms with van der Waals surface area (Å²) in [6.07, 6.45) is 0.681. The highest BCUT2D eigenvalue weighted by Crippen LogP contribution is 2.19. The van der Waals surface area contributed by atoms with Gasteiger partial charge >= 0.3 is 0 Å². The summed E-state index contributed by atoms with van der Waals surface area (Å²) < 4.78 is 25.6. The van der Waals surface area contributed by atoms with E-state index in [2.05, 4.69) is 30.0 Å². The zero-order valence-corrected chi connectivity index (χ0v) is 12.5. The monoisotopic (exact) mass is 282 g/mol. The van der Waals surface area contributed by atoms with Crippen LogP contribution in [0.4, 0.5) is 5.69 Å². The molecule has 0 N–H and O–H groups in total. The number of hydrogen-bond acceptors (Lipinski definition) is 3. The molecule has 2 rings (SSSR count). The number of piperazine rings is 1. The first kappa shape index (κ1) is 14.3. The molecule has 4 nitrogen and oxygen atoms in total. The van der Waals surface area contributed by atoms with Crippen molar-refractivity contribution in [2.45, 2.75) is 20.3 Å². The van der Waals surface area contributed by atoms with Crippen LogP contribution in [0.5, 0.6) is 0 Å². The zero-order chi connectivity index (χ0) is 13.9. The summed E-state index contributed by atoms with van der Waals surface area (Å²) in [5, 5.41) is 0. The number of aryl methyl sites for hydroxylation is 1. The normalized spacial score (nSPS) is 17.7. The Hall–Kier alpha value is -1.07. The lowest BCUT2D eigenvalue weighted by atomic mass is 10.2. The Morgan fingerprint density at radius 3 is 2.42 bits per heavy atom. The summed E-state index contributed by atoms with van der Waals surface area (Å²) in [7, 11) is -3.04. The molecule has 0 saturated carbocycles. The molecular formula is C14H22N2O2S. The van der Waals surface area contributed by atoms with E-state index in [1.54, 1.807) is 4.31 Å². The van der Waals surface area contributed by atoms with Crippen molar-refractivity contribution in [3.8, 4) is 0 Å². The number of anilines is 1. The Morgan fingerprint density at radius 1 is 1.16 bits per heavy atom. The predicted octanol–water partition coefficient (Wildman–Crippen LogP) is 1.86. The molecule has 1 aliphatic heterocycles. The topological polar surface area (TPSA) is 40.6 Å². The molecule has 19 heavy (non-hydrogen) atoms. The van der Waals surface area contributed by atoms with Crippen molar-refractivity contribution in [2.24, 2.45) is 0 Å². The van der Waals surface area contributed by atoms with Gasteiger partial charge in [0.2, 0.25) is 10.0 Å². The van der Waals surface area contributed by atoms with Crippen molar-refractivity contribution in [3.63, 3.8) is 0 Å². The molecule has 1 aromatic rings. The van der Waals surface area contributed by atoms with Crippen LogP contribution in [-0.2, 0) is 10.0 Å². The molecule has 0 aromatic heterocycles. The van der Waals surface area contributed by atoms with Gasteiger partial charge in [-0.3, -0.25) is 0 Å². The lowest BCUT2D eigenvalue weighted by Gasteiger charge is -2.35. The highest BCUT2D eigenvalue weighted by Gasteiger charge is 2.26. The number of benzene rings is 1. The predicted molar refractivity (Wildman–Crippen MR) is 79.0 cm³/mol. The van der Waals surface area contributed by atoms with E-state index in [-0.39, 0.29) is 5.75 Å². The molecule has 1 aliphatic rings. The maximum atomic E-state index is 12.0. The van der Waals surface area contributed by atoms with Crippen LogP contribution in [0, 0.1) is 6.92 Å². The Kier molecular flexibility index (Phi) is 4.47. The average Bonchev–Trinajstić information content (AvgIpc) is 2.39. The van der Waals surface area contributed by atoms with Gasteiger partial charge in [0, 0.05) is 31.9 Å². The molecule has 1 fully saturated rings. The van der Waals surface area contributed by atoms with Crippen molar-refractivity contribution in [1.29, 1.82) is 0 Å². The molecule has 1 saturated heterocycles. The summed E-state index contributed by atoms with van der Waals surface area (Å²) in [5.74, 6) is 0.261. The van der Waals surface area contributed by atoms with Crippen LogP contribution >= 0.6 is 0 Å². The van der Waals surface area contributed by atoms with Crippen LogP contribution in [-0.4, -0.2) is 44.7 Å². The van der Waals surface area contributed by atoms with Crippen LogP contribution in [0.3, 0.4) is 0 Å². The Morgan fingerprint density at radius 2 is 1.84 bits per heavy atom. The first-order valence-electron chi connectivity index (χ1n) is 6.82. The lowest BCUT2D eigenvalue weighted by Crippen LogP contribution is -2.49. The van der Waals surface area contributed by atoms with E-state index in [0.717, 1.165) is 13.1 Å². The highest BCUT2D eigenvalue weighted by molar-refractivity contribution is 7.89. The fourth-order valence-corrected chi connectivity index (χ4v) is 3.93. The van der Waals surface area contributed by atoms with Crippen molar-refractivity contribution in [1.82, 2.24) is 4.31 Å². The quantitative estimate of drug-likeness (QED) is 0.846. The van der Waals surface area contributed by atoms with Crippen molar-refractivity contribution in [3.05, 3.63) is 29.8 Å². The SMILES string of the molecule is CCCS(=O)(=O)N1CCN(c2cccc(C)c2)CC1. The van der Waals surface area contributed by atoms with E-state index in [1.165, 1.54) is 11.3 Å². The van der Waals surface area contributed by atoms with Gasteiger partial charge in [-0.1, -0.05) is 19.1 Å². The molecule has 0 radical (unpaired) electrons. The van der Waals surface area contributed by atoms with E-state index in [1.807, 2.05) is 13.0 Å². The smallest absolute Gasteiger partial charge is 0.214 e. The standard InChI is InChI=1S/C14H22N2O2S/c1-3-11-19(17,18)16-9-7-15(8-10-16)14-6-4-5-13(2)12-14/h4-6,12H,3,7-11H2,1-2H3. The first-order valence-corrected chi connectivity index (χ1v) is 8.43. The third-order valence-corrected chi connectivity index (χ3v) is 5.54. The van der Waals surface area contributed by atoms with Gasteiger partial charge < -0.3 is 4.90 Å². The number of rotatable bonds is 4. The Balaban J connectivity index is 2.00. The van der Waals surface area contributed by atoms with Gasteiger partial charge in [-0.2, -0.15) is 4.31 Å². The highest BCUT2D eigenvalue weighted by atomic mass is 32.2. The van der Waals surface area contributed by atoms with Gasteiger partial charge in [-0.15, -0.1) is 0 Å². The summed E-state index contributed by atoms with van der Waals surface area (Å²) in [5.41, 5.74) is 2.42. The van der Waals surface area contributed by atoms with Crippen LogP contribution in [0.15, 0.2) is 24.3 Å². The third-order valence-electron chi connectivity index (χ3n) is 3.46. The second kappa shape index (κ2) is 5.92. The summed E-state index contributed by atoms with van der Waals surface area (Å²) in [4.78, 5) is 2.25. The van der Waals surface area contributed by atoms with E-state index < -0.39 is 10.0 Å². The summed E-state index contributed by atoms with van der Waals surface area (Å²) >= 11 is 0. The largest absolute Gasteiger partial charge is 0.369 e. The van der Waals surface area contributed by atoms with Crippen molar-refractivity contribution in [2.75, 3.05) is 36.8 Å². The Labute approximate surface area is 116 Å². The van der Waals surface area contributed by atoms with E-state index >= 15 is 0 Å². The molecule has 0 spiro atoms. The molecule has 0 bridgehead atoms.